The Kier molecular flexibility index (Phi) is 3.02. The number of aromatic amines is 1. The van der Waals surface area contributed by atoms with Crippen LogP contribution in [0.1, 0.15) is 0 Å². The standard InChI is InChI=1S/C15H13FN2O2/c1-19-10-6-9(7-11(8-10)20-2)15-17-13-5-3-4-12(16)14(13)18-15/h3-8H,1-2H3,(H,17,18). The Labute approximate surface area is 115 Å². The van der Waals surface area contributed by atoms with E-state index in [0.717, 1.165) is 5.56 Å². The Morgan fingerprint density at radius 1 is 1.05 bits per heavy atom. The van der Waals surface area contributed by atoms with Gasteiger partial charge in [-0.3, -0.25) is 0 Å². The van der Waals surface area contributed by atoms with Crippen molar-refractivity contribution in [1.29, 1.82) is 0 Å². The smallest absolute Gasteiger partial charge is 0.151 e. The molecule has 0 aliphatic heterocycles. The van der Waals surface area contributed by atoms with Crippen molar-refractivity contribution in [3.63, 3.8) is 0 Å². The molecule has 0 fully saturated rings. The van der Waals surface area contributed by atoms with Crippen LogP contribution in [0.3, 0.4) is 0 Å². The maximum absolute atomic E-state index is 13.7. The number of benzene rings is 2. The predicted molar refractivity (Wildman–Crippen MR) is 74.6 cm³/mol. The summed E-state index contributed by atoms with van der Waals surface area (Å²) in [4.78, 5) is 7.38. The molecule has 0 bridgehead atoms. The van der Waals surface area contributed by atoms with Crippen LogP contribution in [0.15, 0.2) is 36.4 Å². The summed E-state index contributed by atoms with van der Waals surface area (Å²) in [5.74, 6) is 1.53. The van der Waals surface area contributed by atoms with E-state index in [9.17, 15) is 4.39 Å². The van der Waals surface area contributed by atoms with Crippen LogP contribution in [0, 0.1) is 5.82 Å². The first kappa shape index (κ1) is 12.5. The molecule has 3 rings (SSSR count). The zero-order valence-corrected chi connectivity index (χ0v) is 11.1. The summed E-state index contributed by atoms with van der Waals surface area (Å²) in [5, 5.41) is 0. The number of ether oxygens (including phenoxy) is 2. The van der Waals surface area contributed by atoms with Crippen molar-refractivity contribution in [3.8, 4) is 22.9 Å². The zero-order valence-electron chi connectivity index (χ0n) is 11.1. The topological polar surface area (TPSA) is 47.1 Å². The first-order chi connectivity index (χ1) is 9.71. The predicted octanol–water partition coefficient (Wildman–Crippen LogP) is 3.39. The molecule has 1 heterocycles. The van der Waals surface area contributed by atoms with Gasteiger partial charge in [0.25, 0.3) is 0 Å². The SMILES string of the molecule is COc1cc(OC)cc(-c2nc3c(F)cccc3[nH]2)c1. The molecule has 0 radical (unpaired) electrons. The number of rotatable bonds is 3. The van der Waals surface area contributed by atoms with E-state index < -0.39 is 0 Å². The molecular formula is C15H13FN2O2. The number of hydrogen-bond donors (Lipinski definition) is 1. The number of nitrogens with one attached hydrogen (secondary N) is 1. The summed E-state index contributed by atoms with van der Waals surface area (Å²) in [6.45, 7) is 0. The number of aromatic nitrogens is 2. The maximum atomic E-state index is 13.7. The van der Waals surface area contributed by atoms with Crippen LogP contribution in [0.2, 0.25) is 0 Å². The molecule has 1 N–H and O–H groups in total. The largest absolute Gasteiger partial charge is 0.497 e. The van der Waals surface area contributed by atoms with Crippen molar-refractivity contribution in [2.75, 3.05) is 14.2 Å². The number of halogens is 1. The number of nitrogens with zero attached hydrogens (tertiary/aromatic N) is 1. The molecule has 0 aliphatic carbocycles. The van der Waals surface area contributed by atoms with Gasteiger partial charge in [-0.15, -0.1) is 0 Å². The second kappa shape index (κ2) is 4.85. The molecule has 0 saturated heterocycles. The van der Waals surface area contributed by atoms with Crippen LogP contribution < -0.4 is 9.47 Å². The van der Waals surface area contributed by atoms with E-state index >= 15 is 0 Å². The van der Waals surface area contributed by atoms with Crippen molar-refractivity contribution in [2.24, 2.45) is 0 Å². The quantitative estimate of drug-likeness (QED) is 0.795. The Hall–Kier alpha value is -2.56. The van der Waals surface area contributed by atoms with Crippen molar-refractivity contribution in [3.05, 3.63) is 42.2 Å². The van der Waals surface area contributed by atoms with Gasteiger partial charge in [-0.2, -0.15) is 0 Å². The molecule has 0 spiro atoms. The van der Waals surface area contributed by atoms with E-state index in [0.29, 0.717) is 28.4 Å². The third-order valence-electron chi connectivity index (χ3n) is 3.09. The summed E-state index contributed by atoms with van der Waals surface area (Å²) in [7, 11) is 3.16. The molecule has 102 valence electrons. The van der Waals surface area contributed by atoms with Gasteiger partial charge >= 0.3 is 0 Å². The number of methoxy groups -OCH3 is 2. The Bertz CT molecular complexity index is 745. The highest BCUT2D eigenvalue weighted by Crippen LogP contribution is 2.29. The summed E-state index contributed by atoms with van der Waals surface area (Å²) in [6, 6.07) is 10.2. The first-order valence-corrected chi connectivity index (χ1v) is 6.09. The van der Waals surface area contributed by atoms with Gasteiger partial charge in [-0.1, -0.05) is 6.07 Å². The molecule has 3 aromatic rings. The molecule has 5 heteroatoms. The Morgan fingerprint density at radius 2 is 1.75 bits per heavy atom. The number of para-hydroxylation sites is 1. The number of hydrogen-bond acceptors (Lipinski definition) is 3. The summed E-state index contributed by atoms with van der Waals surface area (Å²) in [6.07, 6.45) is 0. The van der Waals surface area contributed by atoms with E-state index in [1.165, 1.54) is 6.07 Å². The van der Waals surface area contributed by atoms with Gasteiger partial charge in [0.1, 0.15) is 22.8 Å². The minimum atomic E-state index is -0.347. The molecule has 0 unspecified atom stereocenters. The second-order valence-corrected chi connectivity index (χ2v) is 4.32. The van der Waals surface area contributed by atoms with Crippen molar-refractivity contribution in [2.45, 2.75) is 0 Å². The highest BCUT2D eigenvalue weighted by Gasteiger charge is 2.11. The third-order valence-corrected chi connectivity index (χ3v) is 3.09. The number of imidazole rings is 1. The lowest BCUT2D eigenvalue weighted by molar-refractivity contribution is 0.394. The number of fused-ring (bicyclic) bond motifs is 1. The average Bonchev–Trinajstić information content (AvgIpc) is 2.92. The molecule has 0 saturated carbocycles. The Balaban J connectivity index is 2.17. The monoisotopic (exact) mass is 272 g/mol. The molecular weight excluding hydrogens is 259 g/mol. The minimum absolute atomic E-state index is 0.323. The van der Waals surface area contributed by atoms with Crippen LogP contribution in [-0.2, 0) is 0 Å². The highest BCUT2D eigenvalue weighted by molar-refractivity contribution is 5.80. The molecule has 1 aromatic heterocycles. The van der Waals surface area contributed by atoms with E-state index in [-0.39, 0.29) is 5.82 Å². The van der Waals surface area contributed by atoms with E-state index in [1.807, 2.05) is 12.1 Å². The molecule has 0 aliphatic rings. The fourth-order valence-electron chi connectivity index (χ4n) is 2.08. The summed E-state index contributed by atoms with van der Waals surface area (Å²) < 4.78 is 24.1. The zero-order chi connectivity index (χ0) is 14.1. The van der Waals surface area contributed by atoms with Crippen LogP contribution in [0.4, 0.5) is 4.39 Å². The third kappa shape index (κ3) is 2.07. The minimum Gasteiger partial charge on any atom is -0.497 e. The van der Waals surface area contributed by atoms with Crippen LogP contribution >= 0.6 is 0 Å². The second-order valence-electron chi connectivity index (χ2n) is 4.32. The van der Waals surface area contributed by atoms with Crippen LogP contribution in [0.25, 0.3) is 22.4 Å². The fourth-order valence-corrected chi connectivity index (χ4v) is 2.08. The van der Waals surface area contributed by atoms with Gasteiger partial charge in [-0.05, 0) is 24.3 Å². The molecule has 2 aromatic carbocycles. The van der Waals surface area contributed by atoms with Crippen molar-refractivity contribution < 1.29 is 13.9 Å². The van der Waals surface area contributed by atoms with Crippen molar-refractivity contribution in [1.82, 2.24) is 9.97 Å². The summed E-state index contributed by atoms with van der Waals surface area (Å²) in [5.41, 5.74) is 1.75. The molecule has 20 heavy (non-hydrogen) atoms. The molecule has 0 amide bonds. The van der Waals surface area contributed by atoms with Gasteiger partial charge in [-0.25, -0.2) is 9.37 Å². The highest BCUT2D eigenvalue weighted by atomic mass is 19.1. The normalized spacial score (nSPS) is 10.8. The lowest BCUT2D eigenvalue weighted by atomic mass is 10.2. The maximum Gasteiger partial charge on any atom is 0.151 e. The van der Waals surface area contributed by atoms with Crippen LogP contribution in [0.5, 0.6) is 11.5 Å². The molecule has 4 nitrogen and oxygen atoms in total. The average molecular weight is 272 g/mol. The Morgan fingerprint density at radius 3 is 2.35 bits per heavy atom. The first-order valence-electron chi connectivity index (χ1n) is 6.09. The van der Waals surface area contributed by atoms with Gasteiger partial charge in [0.05, 0.1) is 19.7 Å². The van der Waals surface area contributed by atoms with Crippen molar-refractivity contribution >= 4 is 11.0 Å². The van der Waals surface area contributed by atoms with Gasteiger partial charge < -0.3 is 14.5 Å². The van der Waals surface area contributed by atoms with E-state index in [2.05, 4.69) is 9.97 Å². The van der Waals surface area contributed by atoms with E-state index in [1.54, 1.807) is 32.4 Å². The van der Waals surface area contributed by atoms with Gasteiger partial charge in [0.2, 0.25) is 0 Å². The molecule has 0 atom stereocenters. The van der Waals surface area contributed by atoms with E-state index in [4.69, 9.17) is 9.47 Å². The summed E-state index contributed by atoms with van der Waals surface area (Å²) >= 11 is 0. The lowest BCUT2D eigenvalue weighted by Gasteiger charge is -2.06. The lowest BCUT2D eigenvalue weighted by Crippen LogP contribution is -1.89. The van der Waals surface area contributed by atoms with Crippen LogP contribution in [-0.4, -0.2) is 24.2 Å². The van der Waals surface area contributed by atoms with Gasteiger partial charge in [0, 0.05) is 11.6 Å². The van der Waals surface area contributed by atoms with Gasteiger partial charge in [0.15, 0.2) is 5.82 Å². The fraction of sp³-hybridized carbons (Fsp3) is 0.133. The number of H-pyrrole nitrogens is 1.